The molecule has 25 heavy (non-hydrogen) atoms. The summed E-state index contributed by atoms with van der Waals surface area (Å²) in [7, 11) is 0. The molecule has 2 aromatic rings. The SMILES string of the molecule is Nc1[nH]c(=O)c(C(=O)O)c(-c2cccc(C(F)(F)F)c2Br)c1C(=O)O. The van der Waals surface area contributed by atoms with Crippen LogP contribution in [0, 0.1) is 0 Å². The first-order chi connectivity index (χ1) is 11.5. The zero-order valence-corrected chi connectivity index (χ0v) is 13.5. The van der Waals surface area contributed by atoms with Crippen LogP contribution >= 0.6 is 15.9 Å². The Morgan fingerprint density at radius 3 is 2.16 bits per heavy atom. The van der Waals surface area contributed by atoms with E-state index in [0.29, 0.717) is 6.07 Å². The minimum absolute atomic E-state index is 0.442. The standard InChI is InChI=1S/C14H8BrF3N2O5/c15-9-4(2-1-3-5(9)14(16,17)18)6-7(12(22)23)10(19)20-11(21)8(6)13(24)25/h1-3H,(H,22,23)(H,24,25)(H3,19,20,21). The van der Waals surface area contributed by atoms with Crippen LogP contribution in [0.2, 0.25) is 0 Å². The van der Waals surface area contributed by atoms with E-state index in [4.69, 9.17) is 5.73 Å². The number of carboxylic acids is 2. The summed E-state index contributed by atoms with van der Waals surface area (Å²) < 4.78 is 38.6. The first-order valence-electron chi connectivity index (χ1n) is 6.35. The molecule has 11 heteroatoms. The number of rotatable bonds is 3. The predicted molar refractivity (Wildman–Crippen MR) is 83.5 cm³/mol. The van der Waals surface area contributed by atoms with Crippen molar-refractivity contribution < 1.29 is 33.0 Å². The van der Waals surface area contributed by atoms with E-state index in [-0.39, 0.29) is 0 Å². The molecular formula is C14H8BrF3N2O5. The van der Waals surface area contributed by atoms with Gasteiger partial charge in [0.2, 0.25) is 0 Å². The number of nitrogens with two attached hydrogens (primary N) is 1. The average Bonchev–Trinajstić information content (AvgIpc) is 2.44. The Kier molecular flexibility index (Phi) is 4.62. The Morgan fingerprint density at radius 1 is 1.12 bits per heavy atom. The molecule has 0 saturated heterocycles. The zero-order valence-electron chi connectivity index (χ0n) is 11.9. The van der Waals surface area contributed by atoms with Crippen LogP contribution in [0.1, 0.15) is 26.3 Å². The molecule has 1 heterocycles. The molecule has 0 amide bonds. The van der Waals surface area contributed by atoms with Crippen molar-refractivity contribution in [2.75, 3.05) is 5.73 Å². The fraction of sp³-hybridized carbons (Fsp3) is 0.0714. The van der Waals surface area contributed by atoms with Crippen LogP contribution in [0.15, 0.2) is 27.5 Å². The minimum atomic E-state index is -4.80. The summed E-state index contributed by atoms with van der Waals surface area (Å²) in [6.45, 7) is 0. The second kappa shape index (κ2) is 6.24. The molecule has 0 radical (unpaired) electrons. The van der Waals surface area contributed by atoms with Crippen molar-refractivity contribution in [3.8, 4) is 11.1 Å². The number of nitrogens with one attached hydrogen (secondary N) is 1. The highest BCUT2D eigenvalue weighted by atomic mass is 79.9. The van der Waals surface area contributed by atoms with Crippen LogP contribution in [0.5, 0.6) is 0 Å². The fourth-order valence-corrected chi connectivity index (χ4v) is 2.95. The van der Waals surface area contributed by atoms with Crippen molar-refractivity contribution in [2.45, 2.75) is 6.18 Å². The molecule has 0 aliphatic heterocycles. The van der Waals surface area contributed by atoms with E-state index < -0.39 is 61.8 Å². The van der Waals surface area contributed by atoms with Crippen LogP contribution in [0.25, 0.3) is 11.1 Å². The molecule has 7 nitrogen and oxygen atoms in total. The van der Waals surface area contributed by atoms with E-state index in [1.165, 1.54) is 0 Å². The lowest BCUT2D eigenvalue weighted by Gasteiger charge is -2.16. The summed E-state index contributed by atoms with van der Waals surface area (Å²) in [5.41, 5.74) is 0.00246. The van der Waals surface area contributed by atoms with Gasteiger partial charge in [-0.25, -0.2) is 9.59 Å². The number of aromatic nitrogens is 1. The third-order valence-electron chi connectivity index (χ3n) is 3.25. The first kappa shape index (κ1) is 18.5. The highest BCUT2D eigenvalue weighted by molar-refractivity contribution is 9.10. The van der Waals surface area contributed by atoms with Gasteiger partial charge in [0.15, 0.2) is 0 Å². The maximum atomic E-state index is 13.1. The number of carbonyl (C=O) groups is 2. The lowest BCUT2D eigenvalue weighted by atomic mass is 9.94. The van der Waals surface area contributed by atoms with Gasteiger partial charge in [0.1, 0.15) is 16.9 Å². The predicted octanol–water partition coefficient (Wildman–Crippen LogP) is 2.80. The molecule has 0 bridgehead atoms. The van der Waals surface area contributed by atoms with Crippen LogP contribution in [-0.4, -0.2) is 27.1 Å². The van der Waals surface area contributed by atoms with Gasteiger partial charge < -0.3 is 20.9 Å². The van der Waals surface area contributed by atoms with Gasteiger partial charge in [-0.2, -0.15) is 13.2 Å². The van der Waals surface area contributed by atoms with Gasteiger partial charge in [-0.3, -0.25) is 4.79 Å². The Balaban J connectivity index is 3.05. The Labute approximate surface area is 145 Å². The molecule has 1 aromatic heterocycles. The molecule has 5 N–H and O–H groups in total. The van der Waals surface area contributed by atoms with E-state index >= 15 is 0 Å². The van der Waals surface area contributed by atoms with Gasteiger partial charge in [-0.05, 0) is 27.6 Å². The fourth-order valence-electron chi connectivity index (χ4n) is 2.26. The molecule has 1 aromatic carbocycles. The second-order valence-electron chi connectivity index (χ2n) is 4.77. The smallest absolute Gasteiger partial charge is 0.417 e. The number of benzene rings is 1. The lowest BCUT2D eigenvalue weighted by molar-refractivity contribution is -0.138. The van der Waals surface area contributed by atoms with Crippen molar-refractivity contribution in [1.82, 2.24) is 4.98 Å². The van der Waals surface area contributed by atoms with Crippen LogP contribution in [0.4, 0.5) is 19.0 Å². The van der Waals surface area contributed by atoms with Gasteiger partial charge in [0, 0.05) is 10.0 Å². The van der Waals surface area contributed by atoms with E-state index in [0.717, 1.165) is 12.1 Å². The maximum Gasteiger partial charge on any atom is 0.417 e. The number of carboxylic acid groups (broad SMARTS) is 2. The number of anilines is 1. The summed E-state index contributed by atoms with van der Waals surface area (Å²) >= 11 is 2.71. The first-order valence-corrected chi connectivity index (χ1v) is 7.14. The van der Waals surface area contributed by atoms with Gasteiger partial charge in [-0.15, -0.1) is 0 Å². The number of aromatic carboxylic acids is 2. The van der Waals surface area contributed by atoms with Crippen LogP contribution in [0.3, 0.4) is 0 Å². The highest BCUT2D eigenvalue weighted by Gasteiger charge is 2.35. The van der Waals surface area contributed by atoms with Gasteiger partial charge in [0.25, 0.3) is 5.56 Å². The number of alkyl halides is 3. The van der Waals surface area contributed by atoms with E-state index in [2.05, 4.69) is 15.9 Å². The summed E-state index contributed by atoms with van der Waals surface area (Å²) in [5.74, 6) is -4.21. The van der Waals surface area contributed by atoms with E-state index in [1.807, 2.05) is 4.98 Å². The minimum Gasteiger partial charge on any atom is -0.478 e. The third kappa shape index (κ3) is 3.22. The Bertz CT molecular complexity index is 953. The molecule has 132 valence electrons. The molecule has 0 aliphatic carbocycles. The summed E-state index contributed by atoms with van der Waals surface area (Å²) in [5, 5.41) is 18.5. The van der Waals surface area contributed by atoms with Crippen molar-refractivity contribution >= 4 is 33.7 Å². The average molecular weight is 421 g/mol. The zero-order chi connectivity index (χ0) is 19.1. The van der Waals surface area contributed by atoms with Crippen molar-refractivity contribution in [2.24, 2.45) is 0 Å². The van der Waals surface area contributed by atoms with Crippen LogP contribution in [-0.2, 0) is 6.18 Å². The maximum absolute atomic E-state index is 13.1. The molecule has 0 fully saturated rings. The quantitative estimate of drug-likeness (QED) is 0.603. The van der Waals surface area contributed by atoms with Gasteiger partial charge >= 0.3 is 18.1 Å². The molecule has 0 saturated carbocycles. The highest BCUT2D eigenvalue weighted by Crippen LogP contribution is 2.41. The summed E-state index contributed by atoms with van der Waals surface area (Å²) in [6.07, 6.45) is -4.80. The molecule has 0 unspecified atom stereocenters. The number of hydrogen-bond acceptors (Lipinski definition) is 4. The van der Waals surface area contributed by atoms with Gasteiger partial charge in [0.05, 0.1) is 5.56 Å². The lowest BCUT2D eigenvalue weighted by Crippen LogP contribution is -2.24. The summed E-state index contributed by atoms with van der Waals surface area (Å²) in [4.78, 5) is 36.6. The van der Waals surface area contributed by atoms with Crippen LogP contribution < -0.4 is 11.3 Å². The largest absolute Gasteiger partial charge is 0.478 e. The number of pyridine rings is 1. The summed E-state index contributed by atoms with van der Waals surface area (Å²) in [6, 6.07) is 2.72. The number of H-pyrrole nitrogens is 1. The Hall–Kier alpha value is -2.82. The van der Waals surface area contributed by atoms with Gasteiger partial charge in [-0.1, -0.05) is 12.1 Å². The second-order valence-corrected chi connectivity index (χ2v) is 5.56. The van der Waals surface area contributed by atoms with Crippen molar-refractivity contribution in [1.29, 1.82) is 0 Å². The molecular weight excluding hydrogens is 413 g/mol. The Morgan fingerprint density at radius 2 is 1.68 bits per heavy atom. The topological polar surface area (TPSA) is 133 Å². The number of halogens is 4. The molecule has 0 spiro atoms. The normalized spacial score (nSPS) is 11.4. The molecule has 0 atom stereocenters. The number of aromatic amines is 1. The number of hydrogen-bond donors (Lipinski definition) is 4. The monoisotopic (exact) mass is 420 g/mol. The van der Waals surface area contributed by atoms with E-state index in [1.54, 1.807) is 0 Å². The third-order valence-corrected chi connectivity index (χ3v) is 4.10. The van der Waals surface area contributed by atoms with Crippen molar-refractivity contribution in [3.05, 3.63) is 49.7 Å². The van der Waals surface area contributed by atoms with E-state index in [9.17, 15) is 37.8 Å². The number of nitrogen functional groups attached to an aromatic ring is 1. The van der Waals surface area contributed by atoms with Crippen molar-refractivity contribution in [3.63, 3.8) is 0 Å². The molecule has 0 aliphatic rings. The molecule has 2 rings (SSSR count).